The SMILES string of the molecule is C=CCOc1cc(F)c(C2CC(c3csc(C4CCN(C(=O)Cn5nc(C(F)F)cc5C(F)F)CC4)n3)=NO2)c(F)c1. The summed E-state index contributed by atoms with van der Waals surface area (Å²) in [5.41, 5.74) is -0.825. The number of amides is 1. The fourth-order valence-electron chi connectivity index (χ4n) is 4.86. The molecule has 224 valence electrons. The van der Waals surface area contributed by atoms with Crippen LogP contribution < -0.4 is 4.74 Å². The molecule has 1 aromatic carbocycles. The molecule has 1 saturated heterocycles. The van der Waals surface area contributed by atoms with Gasteiger partial charge < -0.3 is 14.5 Å². The Morgan fingerprint density at radius 3 is 2.50 bits per heavy atom. The summed E-state index contributed by atoms with van der Waals surface area (Å²) in [5.74, 6) is -2.09. The maximum atomic E-state index is 14.7. The lowest BCUT2D eigenvalue weighted by molar-refractivity contribution is -0.133. The minimum Gasteiger partial charge on any atom is -0.489 e. The zero-order valence-corrected chi connectivity index (χ0v) is 22.8. The van der Waals surface area contributed by atoms with Gasteiger partial charge >= 0.3 is 0 Å². The van der Waals surface area contributed by atoms with E-state index in [0.29, 0.717) is 48.1 Å². The molecule has 8 nitrogen and oxygen atoms in total. The quantitative estimate of drug-likeness (QED) is 0.197. The number of thiazole rings is 1. The molecule has 42 heavy (non-hydrogen) atoms. The van der Waals surface area contributed by atoms with E-state index in [1.54, 1.807) is 5.38 Å². The van der Waals surface area contributed by atoms with Gasteiger partial charge in [-0.2, -0.15) is 5.10 Å². The summed E-state index contributed by atoms with van der Waals surface area (Å²) in [6.45, 7) is 3.68. The normalized spacial score (nSPS) is 17.6. The van der Waals surface area contributed by atoms with Crippen molar-refractivity contribution in [1.29, 1.82) is 0 Å². The number of carbonyl (C=O) groups is 1. The first-order valence-corrected chi connectivity index (χ1v) is 13.8. The molecular weight excluding hydrogens is 588 g/mol. The lowest BCUT2D eigenvalue weighted by atomic mass is 9.97. The van der Waals surface area contributed by atoms with Gasteiger partial charge in [-0.3, -0.25) is 9.48 Å². The van der Waals surface area contributed by atoms with Crippen LogP contribution in [-0.2, 0) is 16.2 Å². The van der Waals surface area contributed by atoms with E-state index in [9.17, 15) is 31.1 Å². The first-order chi connectivity index (χ1) is 20.1. The summed E-state index contributed by atoms with van der Waals surface area (Å²) in [4.78, 5) is 24.2. The summed E-state index contributed by atoms with van der Waals surface area (Å²) < 4.78 is 87.5. The molecule has 1 atom stereocenters. The number of piperidine rings is 1. The van der Waals surface area contributed by atoms with Gasteiger partial charge in [0.05, 0.1) is 16.3 Å². The summed E-state index contributed by atoms with van der Waals surface area (Å²) in [6.07, 6.45) is -4.38. The predicted molar refractivity (Wildman–Crippen MR) is 140 cm³/mol. The highest BCUT2D eigenvalue weighted by atomic mass is 32.1. The molecule has 15 heteroatoms. The molecule has 2 aliphatic heterocycles. The van der Waals surface area contributed by atoms with Crippen LogP contribution in [0, 0.1) is 11.6 Å². The highest BCUT2D eigenvalue weighted by molar-refractivity contribution is 7.10. The van der Waals surface area contributed by atoms with Crippen molar-refractivity contribution < 1.29 is 40.7 Å². The van der Waals surface area contributed by atoms with Gasteiger partial charge in [-0.05, 0) is 18.9 Å². The fourth-order valence-corrected chi connectivity index (χ4v) is 5.86. The molecule has 0 spiro atoms. The Balaban J connectivity index is 1.17. The van der Waals surface area contributed by atoms with E-state index in [4.69, 9.17) is 9.57 Å². The largest absolute Gasteiger partial charge is 0.489 e. The average Bonchev–Trinajstić information content (AvgIpc) is 3.72. The molecule has 0 N–H and O–H groups in total. The number of rotatable bonds is 10. The van der Waals surface area contributed by atoms with E-state index in [2.05, 4.69) is 21.8 Å². The van der Waals surface area contributed by atoms with E-state index in [-0.39, 0.29) is 30.3 Å². The van der Waals surface area contributed by atoms with E-state index < -0.39 is 54.4 Å². The number of nitrogens with zero attached hydrogens (tertiary/aromatic N) is 5. The predicted octanol–water partition coefficient (Wildman–Crippen LogP) is 6.33. The average molecular weight is 614 g/mol. The lowest BCUT2D eigenvalue weighted by Crippen LogP contribution is -2.40. The van der Waals surface area contributed by atoms with Gasteiger partial charge in [0.25, 0.3) is 12.9 Å². The van der Waals surface area contributed by atoms with Crippen molar-refractivity contribution in [3.63, 3.8) is 0 Å². The molecule has 0 radical (unpaired) electrons. The second kappa shape index (κ2) is 12.5. The van der Waals surface area contributed by atoms with Gasteiger partial charge in [0, 0.05) is 42.9 Å². The summed E-state index contributed by atoms with van der Waals surface area (Å²) in [7, 11) is 0. The fraction of sp³-hybridized carbons (Fsp3) is 0.407. The zero-order chi connectivity index (χ0) is 30.0. The van der Waals surface area contributed by atoms with Gasteiger partial charge in [0.2, 0.25) is 5.91 Å². The summed E-state index contributed by atoms with van der Waals surface area (Å²) >= 11 is 1.39. The molecule has 2 aliphatic rings. The first kappa shape index (κ1) is 29.6. The number of halogens is 6. The number of oxime groups is 1. The van der Waals surface area contributed by atoms with Crippen molar-refractivity contribution in [2.24, 2.45) is 5.16 Å². The van der Waals surface area contributed by atoms with Gasteiger partial charge in [-0.25, -0.2) is 31.3 Å². The molecular formula is C27H25F6N5O3S. The summed E-state index contributed by atoms with van der Waals surface area (Å²) in [6, 6.07) is 2.77. The van der Waals surface area contributed by atoms with Crippen molar-refractivity contribution in [3.05, 3.63) is 75.5 Å². The molecule has 0 saturated carbocycles. The first-order valence-electron chi connectivity index (χ1n) is 13.0. The Labute approximate surface area is 240 Å². The van der Waals surface area contributed by atoms with E-state index in [0.717, 1.165) is 17.1 Å². The molecule has 0 aliphatic carbocycles. The van der Waals surface area contributed by atoms with Crippen LogP contribution in [0.5, 0.6) is 5.75 Å². The number of likely N-dealkylation sites (tertiary alicyclic amines) is 1. The van der Waals surface area contributed by atoms with E-state index in [1.807, 2.05) is 0 Å². The third-order valence-electron chi connectivity index (χ3n) is 6.99. The summed E-state index contributed by atoms with van der Waals surface area (Å²) in [5, 5.41) is 10.0. The molecule has 3 aromatic rings. The second-order valence-corrected chi connectivity index (χ2v) is 10.6. The van der Waals surface area contributed by atoms with Crippen LogP contribution >= 0.6 is 11.3 Å². The van der Waals surface area contributed by atoms with Crippen LogP contribution in [0.25, 0.3) is 0 Å². The van der Waals surface area contributed by atoms with Crippen LogP contribution in [0.3, 0.4) is 0 Å². The van der Waals surface area contributed by atoms with E-state index in [1.165, 1.54) is 22.3 Å². The Morgan fingerprint density at radius 1 is 1.14 bits per heavy atom. The molecule has 1 amide bonds. The van der Waals surface area contributed by atoms with Gasteiger partial charge in [-0.15, -0.1) is 11.3 Å². The number of aromatic nitrogens is 3. The molecule has 0 bridgehead atoms. The Kier molecular flexibility index (Phi) is 8.85. The zero-order valence-electron chi connectivity index (χ0n) is 22.0. The number of hydrogen-bond acceptors (Lipinski definition) is 7. The highest BCUT2D eigenvalue weighted by Gasteiger charge is 2.32. The monoisotopic (exact) mass is 613 g/mol. The number of benzene rings is 1. The van der Waals surface area contributed by atoms with Crippen molar-refractivity contribution in [3.8, 4) is 5.75 Å². The van der Waals surface area contributed by atoms with Crippen LogP contribution in [0.4, 0.5) is 26.3 Å². The maximum Gasteiger partial charge on any atom is 0.282 e. The van der Waals surface area contributed by atoms with Crippen molar-refractivity contribution >= 4 is 23.0 Å². The molecule has 5 rings (SSSR count). The standard InChI is InChI=1S/C27H25F6N5O3S/c1-2-7-40-15-8-16(28)24(17(29)9-15)22-11-18(36-41-22)20-13-42-27(34-20)14-3-5-37(6-4-14)23(39)12-38-21(26(32)33)10-19(35-38)25(30)31/h2,8-10,13-14,22,25-26H,1,3-7,11-12H2. The number of carbonyl (C=O) groups excluding carboxylic acids is 1. The Morgan fingerprint density at radius 2 is 1.86 bits per heavy atom. The topological polar surface area (TPSA) is 81.8 Å². The number of hydrogen-bond donors (Lipinski definition) is 0. The Bertz CT molecular complexity index is 1460. The van der Waals surface area contributed by atoms with Crippen molar-refractivity contribution in [2.75, 3.05) is 19.7 Å². The molecule has 1 fully saturated rings. The van der Waals surface area contributed by atoms with Crippen LogP contribution in [-0.4, -0.2) is 51.0 Å². The molecule has 2 aromatic heterocycles. The van der Waals surface area contributed by atoms with Crippen molar-refractivity contribution in [1.82, 2.24) is 19.7 Å². The second-order valence-electron chi connectivity index (χ2n) is 9.72. The highest BCUT2D eigenvalue weighted by Crippen LogP contribution is 2.36. The van der Waals surface area contributed by atoms with Crippen LogP contribution in [0.1, 0.15) is 71.8 Å². The lowest BCUT2D eigenvalue weighted by Gasteiger charge is -2.31. The third-order valence-corrected chi connectivity index (χ3v) is 8.00. The minimum atomic E-state index is -3.05. The van der Waals surface area contributed by atoms with Crippen LogP contribution in [0.2, 0.25) is 0 Å². The Hall–Kier alpha value is -3.88. The van der Waals surface area contributed by atoms with Gasteiger partial charge in [-0.1, -0.05) is 17.8 Å². The van der Waals surface area contributed by atoms with E-state index >= 15 is 0 Å². The smallest absolute Gasteiger partial charge is 0.282 e. The third kappa shape index (κ3) is 6.30. The van der Waals surface area contributed by atoms with Gasteiger partial charge in [0.15, 0.2) is 6.10 Å². The maximum absolute atomic E-state index is 14.7. The number of alkyl halides is 4. The van der Waals surface area contributed by atoms with Gasteiger partial charge in [0.1, 0.15) is 47.6 Å². The van der Waals surface area contributed by atoms with Crippen LogP contribution in [0.15, 0.2) is 41.4 Å². The van der Waals surface area contributed by atoms with Crippen molar-refractivity contribution in [2.45, 2.75) is 50.7 Å². The number of ether oxygens (including phenoxy) is 1. The molecule has 4 heterocycles. The minimum absolute atomic E-state index is 0.0104. The molecule has 1 unspecified atom stereocenters.